The lowest BCUT2D eigenvalue weighted by Crippen LogP contribution is -2.42. The number of hydrazine groups is 1. The van der Waals surface area contributed by atoms with E-state index in [4.69, 9.17) is 0 Å². The van der Waals surface area contributed by atoms with Crippen LogP contribution >= 0.6 is 0 Å². The quantitative estimate of drug-likeness (QED) is 0.420. The van der Waals surface area contributed by atoms with E-state index in [1.807, 2.05) is 6.07 Å². The Kier molecular flexibility index (Phi) is 6.56. The number of carbonyl (C=O) groups excluding carboxylic acids is 2. The first-order chi connectivity index (χ1) is 15.4. The first-order valence-electron chi connectivity index (χ1n) is 9.97. The number of hydrogen-bond donors (Lipinski definition) is 4. The van der Waals surface area contributed by atoms with E-state index in [1.165, 1.54) is 29.1 Å². The van der Waals surface area contributed by atoms with Crippen LogP contribution in [0.4, 0.5) is 0 Å². The molecule has 0 bridgehead atoms. The molecule has 0 saturated carbocycles. The predicted molar refractivity (Wildman–Crippen MR) is 121 cm³/mol. The fourth-order valence-electron chi connectivity index (χ4n) is 2.95. The summed E-state index contributed by atoms with van der Waals surface area (Å²) in [6.45, 7) is 6.75. The number of aromatic nitrogens is 2. The maximum Gasteiger partial charge on any atom is 0.294 e. The molecule has 4 N–H and O–H groups in total. The number of para-hydroxylation sites is 1. The van der Waals surface area contributed by atoms with Crippen LogP contribution in [-0.2, 0) is 10.0 Å². The largest absolute Gasteiger partial charge is 0.504 e. The minimum absolute atomic E-state index is 0.0612. The van der Waals surface area contributed by atoms with Gasteiger partial charge in [0.2, 0.25) is 10.0 Å². The molecule has 1 heterocycles. The van der Waals surface area contributed by atoms with Crippen molar-refractivity contribution in [1.29, 1.82) is 0 Å². The van der Waals surface area contributed by atoms with Crippen LogP contribution < -0.4 is 15.6 Å². The molecular formula is C22H25N5O5S. The average Bonchev–Trinajstić information content (AvgIpc) is 3.12. The van der Waals surface area contributed by atoms with Crippen LogP contribution in [0.2, 0.25) is 0 Å². The van der Waals surface area contributed by atoms with Crippen LogP contribution in [0.3, 0.4) is 0 Å². The van der Waals surface area contributed by atoms with Crippen molar-refractivity contribution in [2.75, 3.05) is 0 Å². The van der Waals surface area contributed by atoms with Gasteiger partial charge in [0, 0.05) is 11.1 Å². The number of rotatable bonds is 5. The van der Waals surface area contributed by atoms with Crippen molar-refractivity contribution in [1.82, 2.24) is 25.4 Å². The lowest BCUT2D eigenvalue weighted by Gasteiger charge is -2.20. The Morgan fingerprint density at radius 3 is 2.27 bits per heavy atom. The molecule has 174 valence electrons. The molecule has 0 aliphatic rings. The minimum Gasteiger partial charge on any atom is -0.504 e. The molecule has 0 fully saturated rings. The normalized spacial score (nSPS) is 11.8. The maximum atomic E-state index is 12.6. The van der Waals surface area contributed by atoms with Crippen molar-refractivity contribution in [2.45, 2.75) is 38.1 Å². The molecule has 2 amide bonds. The summed E-state index contributed by atoms with van der Waals surface area (Å²) in [5, 5.41) is 14.1. The lowest BCUT2D eigenvalue weighted by atomic mass is 10.1. The molecule has 3 rings (SSSR count). The molecule has 11 heteroatoms. The van der Waals surface area contributed by atoms with E-state index < -0.39 is 27.4 Å². The summed E-state index contributed by atoms with van der Waals surface area (Å²) in [5.74, 6) is -1.94. The van der Waals surface area contributed by atoms with Gasteiger partial charge in [-0.1, -0.05) is 24.3 Å². The van der Waals surface area contributed by atoms with Gasteiger partial charge < -0.3 is 5.11 Å². The number of nitrogens with zero attached hydrogens (tertiary/aromatic N) is 2. The Balaban J connectivity index is 1.75. The van der Waals surface area contributed by atoms with E-state index in [0.717, 1.165) is 0 Å². The zero-order chi connectivity index (χ0) is 24.4. The van der Waals surface area contributed by atoms with Gasteiger partial charge in [0.1, 0.15) is 0 Å². The van der Waals surface area contributed by atoms with Crippen LogP contribution in [0.25, 0.3) is 5.69 Å². The molecular weight excluding hydrogens is 446 g/mol. The lowest BCUT2D eigenvalue weighted by molar-refractivity contribution is 0.0841. The SMILES string of the molecule is Cc1ccc(S(=O)(=O)NC(C)(C)C)cc1C(=O)NNC(=O)c1nn(-c2ccccc2)cc1O. The molecule has 0 atom stereocenters. The highest BCUT2D eigenvalue weighted by atomic mass is 32.2. The standard InChI is InChI=1S/C22H25N5O5S/c1-14-10-11-16(33(31,32)26-22(2,3)4)12-17(14)20(29)23-24-21(30)19-18(28)13-27(25-19)15-8-6-5-7-9-15/h5-13,26,28H,1-4H3,(H,23,29)(H,24,30). The van der Waals surface area contributed by atoms with Crippen LogP contribution in [0, 0.1) is 6.92 Å². The average molecular weight is 472 g/mol. The van der Waals surface area contributed by atoms with E-state index in [1.54, 1.807) is 52.0 Å². The molecule has 3 aromatic rings. The van der Waals surface area contributed by atoms with Gasteiger partial charge >= 0.3 is 0 Å². The number of hydrogen-bond acceptors (Lipinski definition) is 6. The topological polar surface area (TPSA) is 142 Å². The third-order valence-electron chi connectivity index (χ3n) is 4.42. The molecule has 1 aromatic heterocycles. The van der Waals surface area contributed by atoms with E-state index in [-0.39, 0.29) is 21.9 Å². The highest BCUT2D eigenvalue weighted by Gasteiger charge is 2.24. The van der Waals surface area contributed by atoms with Gasteiger partial charge in [-0.2, -0.15) is 5.10 Å². The minimum atomic E-state index is -3.86. The summed E-state index contributed by atoms with van der Waals surface area (Å²) in [7, 11) is -3.86. The molecule has 2 aromatic carbocycles. The van der Waals surface area contributed by atoms with E-state index in [0.29, 0.717) is 11.3 Å². The Bertz CT molecular complexity index is 1290. The van der Waals surface area contributed by atoms with Gasteiger partial charge in [-0.3, -0.25) is 20.4 Å². The summed E-state index contributed by atoms with van der Waals surface area (Å²) in [4.78, 5) is 25.0. The summed E-state index contributed by atoms with van der Waals surface area (Å²) in [5.41, 5.74) is 4.62. The van der Waals surface area contributed by atoms with Crippen LogP contribution in [0.5, 0.6) is 5.75 Å². The van der Waals surface area contributed by atoms with Crippen molar-refractivity contribution in [3.63, 3.8) is 0 Å². The zero-order valence-corrected chi connectivity index (χ0v) is 19.4. The number of aromatic hydroxyl groups is 1. The fraction of sp³-hybridized carbons (Fsp3) is 0.227. The highest BCUT2D eigenvalue weighted by Crippen LogP contribution is 2.19. The maximum absolute atomic E-state index is 12.6. The van der Waals surface area contributed by atoms with Crippen LogP contribution in [0.1, 0.15) is 47.2 Å². The van der Waals surface area contributed by atoms with Crippen LogP contribution in [-0.4, -0.2) is 40.7 Å². The molecule has 33 heavy (non-hydrogen) atoms. The first-order valence-corrected chi connectivity index (χ1v) is 11.4. The second-order valence-electron chi connectivity index (χ2n) is 8.38. The van der Waals surface area contributed by atoms with E-state index in [9.17, 15) is 23.1 Å². The fourth-order valence-corrected chi connectivity index (χ4v) is 4.40. The summed E-state index contributed by atoms with van der Waals surface area (Å²) in [6, 6.07) is 13.0. The molecule has 0 unspecified atom stereocenters. The Morgan fingerprint density at radius 1 is 1.00 bits per heavy atom. The number of sulfonamides is 1. The second kappa shape index (κ2) is 9.04. The molecule has 0 spiro atoms. The van der Waals surface area contributed by atoms with Gasteiger partial charge in [-0.25, -0.2) is 17.8 Å². The summed E-state index contributed by atoms with van der Waals surface area (Å²) in [6.07, 6.45) is 1.27. The number of carbonyl (C=O) groups is 2. The molecule has 0 aliphatic heterocycles. The van der Waals surface area contributed by atoms with Crippen molar-refractivity contribution < 1.29 is 23.1 Å². The third-order valence-corrected chi connectivity index (χ3v) is 6.18. The van der Waals surface area contributed by atoms with Gasteiger partial charge in [0.05, 0.1) is 16.8 Å². The molecule has 0 radical (unpaired) electrons. The highest BCUT2D eigenvalue weighted by molar-refractivity contribution is 7.89. The smallest absolute Gasteiger partial charge is 0.294 e. The third kappa shape index (κ3) is 5.76. The molecule has 0 saturated heterocycles. The monoisotopic (exact) mass is 471 g/mol. The second-order valence-corrected chi connectivity index (χ2v) is 10.1. The van der Waals surface area contributed by atoms with E-state index in [2.05, 4.69) is 20.7 Å². The Labute approximate surface area is 191 Å². The van der Waals surface area contributed by atoms with Gasteiger partial charge in [0.15, 0.2) is 11.4 Å². The summed E-state index contributed by atoms with van der Waals surface area (Å²) >= 11 is 0. The van der Waals surface area contributed by atoms with Crippen molar-refractivity contribution in [3.8, 4) is 11.4 Å². The van der Waals surface area contributed by atoms with Crippen molar-refractivity contribution >= 4 is 21.8 Å². The Hall–Kier alpha value is -3.70. The van der Waals surface area contributed by atoms with E-state index >= 15 is 0 Å². The molecule has 10 nitrogen and oxygen atoms in total. The molecule has 0 aliphatic carbocycles. The first kappa shape index (κ1) is 24.0. The predicted octanol–water partition coefficient (Wildman–Crippen LogP) is 2.04. The van der Waals surface area contributed by atoms with Crippen molar-refractivity contribution in [2.24, 2.45) is 0 Å². The van der Waals surface area contributed by atoms with Gasteiger partial charge in [-0.15, -0.1) is 0 Å². The van der Waals surface area contributed by atoms with Crippen LogP contribution in [0.15, 0.2) is 59.6 Å². The van der Waals surface area contributed by atoms with Crippen molar-refractivity contribution in [3.05, 3.63) is 71.5 Å². The number of benzene rings is 2. The Morgan fingerprint density at radius 2 is 1.64 bits per heavy atom. The number of aryl methyl sites for hydroxylation is 1. The summed E-state index contributed by atoms with van der Waals surface area (Å²) < 4.78 is 29.0. The van der Waals surface area contributed by atoms with Gasteiger partial charge in [0.25, 0.3) is 11.8 Å². The van der Waals surface area contributed by atoms with Gasteiger partial charge in [-0.05, 0) is 57.5 Å². The number of amides is 2. The zero-order valence-electron chi connectivity index (χ0n) is 18.6. The number of nitrogens with one attached hydrogen (secondary N) is 3.